The molecule has 0 saturated heterocycles. The minimum atomic E-state index is -1.02. The van der Waals surface area contributed by atoms with Gasteiger partial charge < -0.3 is 5.11 Å². The molecule has 3 nitrogen and oxygen atoms in total. The maximum absolute atomic E-state index is 9.86. The number of aliphatic hydroxyl groups is 1. The van der Waals surface area contributed by atoms with Gasteiger partial charge in [0.05, 0.1) is 17.3 Å². The molecule has 0 aliphatic heterocycles. The second-order valence-corrected chi connectivity index (χ2v) is 4.91. The SMILES string of the molecule is C=C(C#N)C(O)c1ccc(-c2cc(C)ccc2Cl)nc1. The first-order valence-electron chi connectivity index (χ1n) is 6.02. The van der Waals surface area contributed by atoms with E-state index in [0.29, 0.717) is 10.6 Å². The average Bonchev–Trinajstić information content (AvgIpc) is 2.48. The van der Waals surface area contributed by atoms with Gasteiger partial charge in [-0.2, -0.15) is 5.26 Å². The summed E-state index contributed by atoms with van der Waals surface area (Å²) < 4.78 is 0. The van der Waals surface area contributed by atoms with Crippen LogP contribution in [0.25, 0.3) is 11.3 Å². The number of benzene rings is 1. The van der Waals surface area contributed by atoms with Gasteiger partial charge in [-0.15, -0.1) is 0 Å². The fraction of sp³-hybridized carbons (Fsp3) is 0.125. The molecule has 20 heavy (non-hydrogen) atoms. The van der Waals surface area contributed by atoms with Gasteiger partial charge in [0.2, 0.25) is 0 Å². The van der Waals surface area contributed by atoms with Crippen molar-refractivity contribution in [1.82, 2.24) is 4.98 Å². The number of aryl methyl sites for hydroxylation is 1. The number of rotatable bonds is 3. The first-order valence-corrected chi connectivity index (χ1v) is 6.40. The molecule has 1 aromatic heterocycles. The molecule has 2 rings (SSSR count). The topological polar surface area (TPSA) is 56.9 Å². The van der Waals surface area contributed by atoms with E-state index in [4.69, 9.17) is 16.9 Å². The third kappa shape index (κ3) is 2.88. The summed E-state index contributed by atoms with van der Waals surface area (Å²) in [7, 11) is 0. The lowest BCUT2D eigenvalue weighted by Crippen LogP contribution is -2.00. The molecule has 0 aliphatic rings. The molecular weight excluding hydrogens is 272 g/mol. The highest BCUT2D eigenvalue weighted by Gasteiger charge is 2.12. The van der Waals surface area contributed by atoms with Gasteiger partial charge >= 0.3 is 0 Å². The molecule has 0 spiro atoms. The molecule has 1 N–H and O–H groups in total. The Hall–Kier alpha value is -2.15. The van der Waals surface area contributed by atoms with Crippen molar-refractivity contribution in [2.45, 2.75) is 13.0 Å². The molecule has 1 atom stereocenters. The van der Waals surface area contributed by atoms with Crippen LogP contribution < -0.4 is 0 Å². The summed E-state index contributed by atoms with van der Waals surface area (Å²) in [6.45, 7) is 5.48. The Morgan fingerprint density at radius 2 is 2.15 bits per heavy atom. The highest BCUT2D eigenvalue weighted by molar-refractivity contribution is 6.33. The molecule has 100 valence electrons. The van der Waals surface area contributed by atoms with Crippen molar-refractivity contribution in [2.24, 2.45) is 0 Å². The van der Waals surface area contributed by atoms with Crippen molar-refractivity contribution in [2.75, 3.05) is 0 Å². The van der Waals surface area contributed by atoms with E-state index in [9.17, 15) is 5.11 Å². The summed E-state index contributed by atoms with van der Waals surface area (Å²) in [5.74, 6) is 0. The van der Waals surface area contributed by atoms with E-state index in [1.807, 2.05) is 31.2 Å². The first kappa shape index (κ1) is 14.3. The van der Waals surface area contributed by atoms with Crippen LogP contribution in [0, 0.1) is 18.3 Å². The molecule has 1 aromatic carbocycles. The zero-order valence-electron chi connectivity index (χ0n) is 11.0. The van der Waals surface area contributed by atoms with Crippen molar-refractivity contribution in [3.8, 4) is 17.3 Å². The predicted molar refractivity (Wildman–Crippen MR) is 79.1 cm³/mol. The minimum Gasteiger partial charge on any atom is -0.383 e. The van der Waals surface area contributed by atoms with E-state index >= 15 is 0 Å². The van der Waals surface area contributed by atoms with E-state index in [2.05, 4.69) is 11.6 Å². The van der Waals surface area contributed by atoms with Crippen LogP contribution in [0.1, 0.15) is 17.2 Å². The Morgan fingerprint density at radius 1 is 1.40 bits per heavy atom. The summed E-state index contributed by atoms with van der Waals surface area (Å²) in [6, 6.07) is 11.0. The van der Waals surface area contributed by atoms with Gasteiger partial charge in [-0.3, -0.25) is 4.98 Å². The van der Waals surface area contributed by atoms with Gasteiger partial charge in [0.1, 0.15) is 6.10 Å². The molecule has 0 amide bonds. The molecule has 1 unspecified atom stereocenters. The maximum atomic E-state index is 9.86. The van der Waals surface area contributed by atoms with Crippen LogP contribution in [0.15, 0.2) is 48.7 Å². The molecular formula is C16H13ClN2O. The Balaban J connectivity index is 2.36. The van der Waals surface area contributed by atoms with Crippen LogP contribution in [0.2, 0.25) is 5.02 Å². The lowest BCUT2D eigenvalue weighted by molar-refractivity contribution is 0.220. The fourth-order valence-electron chi connectivity index (χ4n) is 1.82. The highest BCUT2D eigenvalue weighted by Crippen LogP contribution is 2.28. The number of aromatic nitrogens is 1. The average molecular weight is 285 g/mol. The number of hydrogen-bond acceptors (Lipinski definition) is 3. The Kier molecular flexibility index (Phi) is 4.19. The van der Waals surface area contributed by atoms with Gasteiger partial charge in [-0.05, 0) is 25.1 Å². The van der Waals surface area contributed by atoms with E-state index in [1.54, 1.807) is 12.1 Å². The second kappa shape index (κ2) is 5.87. The fourth-order valence-corrected chi connectivity index (χ4v) is 2.04. The molecule has 0 bridgehead atoms. The van der Waals surface area contributed by atoms with Crippen LogP contribution in [0.3, 0.4) is 0 Å². The lowest BCUT2D eigenvalue weighted by Gasteiger charge is -2.10. The van der Waals surface area contributed by atoms with Crippen molar-refractivity contribution >= 4 is 11.6 Å². The monoisotopic (exact) mass is 284 g/mol. The second-order valence-electron chi connectivity index (χ2n) is 4.50. The van der Waals surface area contributed by atoms with Gasteiger partial charge in [0.15, 0.2) is 0 Å². The molecule has 2 aromatic rings. The zero-order valence-corrected chi connectivity index (χ0v) is 11.7. The van der Waals surface area contributed by atoms with Gasteiger partial charge in [0, 0.05) is 22.3 Å². The number of aliphatic hydroxyl groups excluding tert-OH is 1. The van der Waals surface area contributed by atoms with Crippen molar-refractivity contribution in [1.29, 1.82) is 5.26 Å². The third-order valence-electron chi connectivity index (χ3n) is 2.97. The highest BCUT2D eigenvalue weighted by atomic mass is 35.5. The number of nitrogens with zero attached hydrogens (tertiary/aromatic N) is 2. The molecule has 0 fully saturated rings. The summed E-state index contributed by atoms with van der Waals surface area (Å²) in [5, 5.41) is 19.2. The molecule has 0 aliphatic carbocycles. The molecule has 0 saturated carbocycles. The van der Waals surface area contributed by atoms with Gasteiger partial charge in [0.25, 0.3) is 0 Å². The summed E-state index contributed by atoms with van der Waals surface area (Å²) in [6.07, 6.45) is 0.510. The zero-order chi connectivity index (χ0) is 14.7. The van der Waals surface area contributed by atoms with E-state index in [0.717, 1.165) is 16.8 Å². The normalized spacial score (nSPS) is 11.7. The predicted octanol–water partition coefficient (Wildman–Crippen LogP) is 3.82. The number of pyridine rings is 1. The van der Waals surface area contributed by atoms with Crippen LogP contribution >= 0.6 is 11.6 Å². The molecule has 1 heterocycles. The van der Waals surface area contributed by atoms with E-state index in [-0.39, 0.29) is 5.57 Å². The lowest BCUT2D eigenvalue weighted by atomic mass is 10.0. The summed E-state index contributed by atoms with van der Waals surface area (Å²) in [4.78, 5) is 4.29. The number of halogens is 1. The smallest absolute Gasteiger partial charge is 0.115 e. The van der Waals surface area contributed by atoms with Crippen LogP contribution in [-0.2, 0) is 0 Å². The van der Waals surface area contributed by atoms with Crippen LogP contribution in [0.4, 0.5) is 0 Å². The molecule has 4 heteroatoms. The quantitative estimate of drug-likeness (QED) is 0.872. The summed E-state index contributed by atoms with van der Waals surface area (Å²) >= 11 is 6.16. The Morgan fingerprint density at radius 3 is 2.75 bits per heavy atom. The van der Waals surface area contributed by atoms with Crippen LogP contribution in [-0.4, -0.2) is 10.1 Å². The van der Waals surface area contributed by atoms with Crippen molar-refractivity contribution < 1.29 is 5.11 Å². The Bertz CT molecular complexity index is 687. The van der Waals surface area contributed by atoms with Crippen molar-refractivity contribution in [3.05, 3.63) is 64.8 Å². The summed E-state index contributed by atoms with van der Waals surface area (Å²) in [5.41, 5.74) is 3.27. The van der Waals surface area contributed by atoms with Gasteiger partial charge in [-0.25, -0.2) is 0 Å². The third-order valence-corrected chi connectivity index (χ3v) is 3.30. The van der Waals surface area contributed by atoms with Gasteiger partial charge in [-0.1, -0.05) is 35.9 Å². The van der Waals surface area contributed by atoms with E-state index < -0.39 is 6.10 Å². The van der Waals surface area contributed by atoms with Crippen LogP contribution in [0.5, 0.6) is 0 Å². The first-order chi connectivity index (χ1) is 9.52. The standard InChI is InChI=1S/C16H13ClN2O/c1-10-3-5-14(17)13(7-10)15-6-4-12(9-19-15)16(20)11(2)8-18/h3-7,9,16,20H,2H2,1H3. The largest absolute Gasteiger partial charge is 0.383 e. The molecule has 0 radical (unpaired) electrons. The number of hydrogen-bond donors (Lipinski definition) is 1. The van der Waals surface area contributed by atoms with E-state index in [1.165, 1.54) is 6.20 Å². The number of nitriles is 1. The maximum Gasteiger partial charge on any atom is 0.115 e. The van der Waals surface area contributed by atoms with Crippen molar-refractivity contribution in [3.63, 3.8) is 0 Å². The minimum absolute atomic E-state index is 0.0909. The Labute approximate surface area is 122 Å².